The Kier molecular flexibility index (Phi) is 3.77. The van der Waals surface area contributed by atoms with Crippen molar-refractivity contribution in [3.63, 3.8) is 0 Å². The van der Waals surface area contributed by atoms with E-state index in [2.05, 4.69) is 37.4 Å². The highest BCUT2D eigenvalue weighted by Crippen LogP contribution is 2.22. The fourth-order valence-corrected chi connectivity index (χ4v) is 3.22. The van der Waals surface area contributed by atoms with Gasteiger partial charge in [-0.15, -0.1) is 11.3 Å². The summed E-state index contributed by atoms with van der Waals surface area (Å²) in [7, 11) is 0. The number of hydrogen-bond donors (Lipinski definition) is 1. The van der Waals surface area contributed by atoms with E-state index in [1.807, 2.05) is 0 Å². The molecule has 82 valence electrons. The summed E-state index contributed by atoms with van der Waals surface area (Å²) >= 11 is 5.24. The summed E-state index contributed by atoms with van der Waals surface area (Å²) in [6.45, 7) is 3.00. The first-order valence-corrected chi connectivity index (χ1v) is 6.60. The van der Waals surface area contributed by atoms with Crippen molar-refractivity contribution in [3.8, 4) is 0 Å². The summed E-state index contributed by atoms with van der Waals surface area (Å²) in [5.41, 5.74) is 0.929. The molecule has 5 heteroatoms. The van der Waals surface area contributed by atoms with Gasteiger partial charge >= 0.3 is 0 Å². The monoisotopic (exact) mass is 288 g/mol. The molecule has 1 saturated heterocycles. The van der Waals surface area contributed by atoms with Crippen LogP contribution >= 0.6 is 27.3 Å². The molecule has 0 radical (unpaired) electrons. The molecular weight excluding hydrogens is 276 g/mol. The van der Waals surface area contributed by atoms with E-state index in [4.69, 9.17) is 5.21 Å². The van der Waals surface area contributed by atoms with Crippen molar-refractivity contribution in [2.24, 2.45) is 5.16 Å². The Bertz CT molecular complexity index is 354. The predicted octanol–water partition coefficient (Wildman–Crippen LogP) is 2.94. The topological polar surface area (TPSA) is 35.8 Å². The molecule has 1 aliphatic rings. The van der Waals surface area contributed by atoms with Crippen LogP contribution in [0.15, 0.2) is 21.1 Å². The van der Waals surface area contributed by atoms with Gasteiger partial charge in [-0.2, -0.15) is 0 Å². The second-order valence-corrected chi connectivity index (χ2v) is 5.59. The Hall–Kier alpha value is -0.390. The summed E-state index contributed by atoms with van der Waals surface area (Å²) < 4.78 is 1.16. The van der Waals surface area contributed by atoms with E-state index in [0.717, 1.165) is 42.7 Å². The Balaban J connectivity index is 1.87. The number of halogens is 1. The number of likely N-dealkylation sites (tertiary alicyclic amines) is 1. The molecule has 1 aromatic rings. The number of hydrogen-bond acceptors (Lipinski definition) is 4. The number of thiophene rings is 1. The summed E-state index contributed by atoms with van der Waals surface area (Å²) in [6.07, 6.45) is 1.78. The molecule has 0 spiro atoms. The third kappa shape index (κ3) is 3.03. The standard InChI is InChI=1S/C10H13BrN2OS/c11-8-5-10(15-7-8)6-13-3-1-9(12-14)2-4-13/h5,7,14H,1-4,6H2. The number of piperidine rings is 1. The van der Waals surface area contributed by atoms with Crippen molar-refractivity contribution < 1.29 is 5.21 Å². The molecule has 3 nitrogen and oxygen atoms in total. The molecular formula is C10H13BrN2OS. The van der Waals surface area contributed by atoms with E-state index >= 15 is 0 Å². The largest absolute Gasteiger partial charge is 0.411 e. The van der Waals surface area contributed by atoms with Gasteiger partial charge in [0.2, 0.25) is 0 Å². The Labute approximate surface area is 102 Å². The number of nitrogens with zero attached hydrogens (tertiary/aromatic N) is 2. The Morgan fingerprint density at radius 1 is 1.47 bits per heavy atom. The lowest BCUT2D eigenvalue weighted by atomic mass is 10.1. The second kappa shape index (κ2) is 5.09. The molecule has 2 rings (SSSR count). The van der Waals surface area contributed by atoms with Gasteiger partial charge in [0.05, 0.1) is 5.71 Å². The van der Waals surface area contributed by atoms with Crippen LogP contribution in [0.1, 0.15) is 17.7 Å². The molecule has 0 aromatic carbocycles. The first-order chi connectivity index (χ1) is 7.28. The van der Waals surface area contributed by atoms with Crippen LogP contribution < -0.4 is 0 Å². The molecule has 1 fully saturated rings. The molecule has 1 aliphatic heterocycles. The minimum absolute atomic E-state index is 0.892. The maximum Gasteiger partial charge on any atom is 0.0596 e. The predicted molar refractivity (Wildman–Crippen MR) is 65.8 cm³/mol. The average molecular weight is 289 g/mol. The number of rotatable bonds is 2. The summed E-state index contributed by atoms with van der Waals surface area (Å²) in [5.74, 6) is 0. The first kappa shape index (κ1) is 11.1. The highest BCUT2D eigenvalue weighted by atomic mass is 79.9. The van der Waals surface area contributed by atoms with Gasteiger partial charge in [0, 0.05) is 47.2 Å². The molecule has 0 unspecified atom stereocenters. The normalized spacial score (nSPS) is 18.1. The van der Waals surface area contributed by atoms with Gasteiger partial charge in [0.1, 0.15) is 0 Å². The van der Waals surface area contributed by atoms with E-state index in [1.54, 1.807) is 11.3 Å². The van der Waals surface area contributed by atoms with E-state index in [1.165, 1.54) is 4.88 Å². The maximum atomic E-state index is 8.64. The van der Waals surface area contributed by atoms with Gasteiger partial charge in [-0.05, 0) is 22.0 Å². The van der Waals surface area contributed by atoms with Crippen LogP contribution in [0.25, 0.3) is 0 Å². The Morgan fingerprint density at radius 2 is 2.20 bits per heavy atom. The van der Waals surface area contributed by atoms with Gasteiger partial charge in [-0.1, -0.05) is 5.16 Å². The quantitative estimate of drug-likeness (QED) is 0.671. The lowest BCUT2D eigenvalue weighted by Gasteiger charge is -2.26. The zero-order valence-corrected chi connectivity index (χ0v) is 10.7. The van der Waals surface area contributed by atoms with Crippen LogP contribution in [0.4, 0.5) is 0 Å². The van der Waals surface area contributed by atoms with Crippen LogP contribution in [0.3, 0.4) is 0 Å². The van der Waals surface area contributed by atoms with E-state index < -0.39 is 0 Å². The highest BCUT2D eigenvalue weighted by molar-refractivity contribution is 9.10. The van der Waals surface area contributed by atoms with Crippen molar-refractivity contribution in [1.82, 2.24) is 4.90 Å². The molecule has 1 aromatic heterocycles. The SMILES string of the molecule is ON=C1CCN(Cc2cc(Br)cs2)CC1. The summed E-state index contributed by atoms with van der Waals surface area (Å²) in [5, 5.41) is 14.0. The second-order valence-electron chi connectivity index (χ2n) is 3.67. The van der Waals surface area contributed by atoms with Crippen molar-refractivity contribution in [3.05, 3.63) is 20.8 Å². The van der Waals surface area contributed by atoms with Crippen molar-refractivity contribution in [2.75, 3.05) is 13.1 Å². The molecule has 1 N–H and O–H groups in total. The average Bonchev–Trinajstić information content (AvgIpc) is 2.65. The van der Waals surface area contributed by atoms with E-state index in [-0.39, 0.29) is 0 Å². The zero-order valence-electron chi connectivity index (χ0n) is 8.32. The minimum Gasteiger partial charge on any atom is -0.411 e. The molecule has 0 aliphatic carbocycles. The van der Waals surface area contributed by atoms with Crippen LogP contribution in [0.2, 0.25) is 0 Å². The van der Waals surface area contributed by atoms with Gasteiger partial charge in [0.25, 0.3) is 0 Å². The smallest absolute Gasteiger partial charge is 0.0596 e. The van der Waals surface area contributed by atoms with E-state index in [9.17, 15) is 0 Å². The van der Waals surface area contributed by atoms with Gasteiger partial charge in [0.15, 0.2) is 0 Å². The molecule has 0 saturated carbocycles. The highest BCUT2D eigenvalue weighted by Gasteiger charge is 2.15. The molecule has 15 heavy (non-hydrogen) atoms. The first-order valence-electron chi connectivity index (χ1n) is 4.93. The Morgan fingerprint density at radius 3 is 2.73 bits per heavy atom. The fraction of sp³-hybridized carbons (Fsp3) is 0.500. The van der Waals surface area contributed by atoms with Gasteiger partial charge in [-0.25, -0.2) is 0 Å². The van der Waals surface area contributed by atoms with Crippen LogP contribution in [0.5, 0.6) is 0 Å². The molecule has 0 atom stereocenters. The van der Waals surface area contributed by atoms with Gasteiger partial charge in [-0.3, -0.25) is 4.90 Å². The van der Waals surface area contributed by atoms with Gasteiger partial charge < -0.3 is 5.21 Å². The molecule has 0 bridgehead atoms. The third-order valence-electron chi connectivity index (χ3n) is 2.58. The van der Waals surface area contributed by atoms with Crippen LogP contribution in [0, 0.1) is 0 Å². The lowest BCUT2D eigenvalue weighted by molar-refractivity contribution is 0.258. The van der Waals surface area contributed by atoms with Crippen molar-refractivity contribution in [2.45, 2.75) is 19.4 Å². The molecule has 0 amide bonds. The summed E-state index contributed by atoms with van der Waals surface area (Å²) in [4.78, 5) is 3.78. The van der Waals surface area contributed by atoms with Crippen molar-refractivity contribution in [1.29, 1.82) is 0 Å². The lowest BCUT2D eigenvalue weighted by Crippen LogP contribution is -2.33. The maximum absolute atomic E-state index is 8.64. The minimum atomic E-state index is 0.892. The fourth-order valence-electron chi connectivity index (χ4n) is 1.73. The third-order valence-corrected chi connectivity index (χ3v) is 4.26. The van der Waals surface area contributed by atoms with Crippen LogP contribution in [-0.2, 0) is 6.54 Å². The molecule has 2 heterocycles. The zero-order chi connectivity index (χ0) is 10.7. The van der Waals surface area contributed by atoms with E-state index in [0.29, 0.717) is 0 Å². The number of oxime groups is 1. The van der Waals surface area contributed by atoms with Crippen molar-refractivity contribution >= 4 is 33.0 Å². The van der Waals surface area contributed by atoms with Crippen LogP contribution in [-0.4, -0.2) is 28.9 Å². The summed E-state index contributed by atoms with van der Waals surface area (Å²) in [6, 6.07) is 2.17.